The van der Waals surface area contributed by atoms with Crippen LogP contribution in [0.1, 0.15) is 71.6 Å². The molecule has 0 aromatic carbocycles. The van der Waals surface area contributed by atoms with Crippen LogP contribution in [-0.2, 0) is 4.79 Å². The van der Waals surface area contributed by atoms with Gasteiger partial charge in [-0.3, -0.25) is 9.69 Å². The number of nitrogens with zero attached hydrogens (tertiary/aromatic N) is 2. The van der Waals surface area contributed by atoms with Crippen molar-refractivity contribution in [1.82, 2.24) is 4.90 Å². The van der Waals surface area contributed by atoms with Crippen molar-refractivity contribution in [2.24, 2.45) is 39.7 Å². The van der Waals surface area contributed by atoms with Gasteiger partial charge in [-0.15, -0.1) is 0 Å². The van der Waals surface area contributed by atoms with Crippen LogP contribution in [0.25, 0.3) is 0 Å². The second-order valence-corrected chi connectivity index (χ2v) is 10.9. The molecular formula is C23H36N2O3. The van der Waals surface area contributed by atoms with Crippen LogP contribution in [0.2, 0.25) is 0 Å². The maximum Gasteiger partial charge on any atom is 0.139 e. The summed E-state index contributed by atoms with van der Waals surface area (Å²) < 4.78 is 0. The summed E-state index contributed by atoms with van der Waals surface area (Å²) >= 11 is 0. The summed E-state index contributed by atoms with van der Waals surface area (Å²) in [7, 11) is 0. The highest BCUT2D eigenvalue weighted by Gasteiger charge is 2.64. The van der Waals surface area contributed by atoms with E-state index >= 15 is 0 Å². The first-order valence-electron chi connectivity index (χ1n) is 11.6. The van der Waals surface area contributed by atoms with Crippen molar-refractivity contribution < 1.29 is 15.1 Å². The van der Waals surface area contributed by atoms with Gasteiger partial charge in [-0.1, -0.05) is 19.0 Å². The number of likely N-dealkylation sites (tertiary alicyclic amines) is 1. The van der Waals surface area contributed by atoms with E-state index in [1.807, 2.05) is 0 Å². The summed E-state index contributed by atoms with van der Waals surface area (Å²) in [6.07, 6.45) is 8.49. The molecule has 0 spiro atoms. The van der Waals surface area contributed by atoms with Crippen LogP contribution < -0.4 is 0 Å². The Morgan fingerprint density at radius 3 is 2.57 bits per heavy atom. The second-order valence-electron chi connectivity index (χ2n) is 10.9. The topological polar surface area (TPSA) is 73.1 Å². The third kappa shape index (κ3) is 2.44. The number of aliphatic hydroxyl groups is 1. The summed E-state index contributed by atoms with van der Waals surface area (Å²) in [6, 6.07) is 0.456. The molecule has 4 saturated carbocycles. The minimum absolute atomic E-state index is 0.137. The zero-order chi connectivity index (χ0) is 19.7. The van der Waals surface area contributed by atoms with Crippen molar-refractivity contribution in [3.8, 4) is 0 Å². The van der Waals surface area contributed by atoms with Gasteiger partial charge in [0.2, 0.25) is 0 Å². The molecule has 5 aliphatic rings. The Labute approximate surface area is 168 Å². The van der Waals surface area contributed by atoms with Gasteiger partial charge < -0.3 is 10.3 Å². The predicted octanol–water partition coefficient (Wildman–Crippen LogP) is 3.47. The molecule has 0 aromatic rings. The van der Waals surface area contributed by atoms with Gasteiger partial charge in [0.05, 0.1) is 11.8 Å². The predicted molar refractivity (Wildman–Crippen MR) is 107 cm³/mol. The number of hydrogen-bond donors (Lipinski definition) is 2. The van der Waals surface area contributed by atoms with Crippen LogP contribution in [0.15, 0.2) is 5.16 Å². The maximum absolute atomic E-state index is 12.6. The first-order valence-corrected chi connectivity index (χ1v) is 11.6. The van der Waals surface area contributed by atoms with E-state index in [0.717, 1.165) is 57.3 Å². The number of ketones is 1. The molecular weight excluding hydrogens is 352 g/mol. The Morgan fingerprint density at radius 1 is 1.11 bits per heavy atom. The fourth-order valence-electron chi connectivity index (χ4n) is 8.38. The highest BCUT2D eigenvalue weighted by atomic mass is 16.4. The Morgan fingerprint density at radius 2 is 1.86 bits per heavy atom. The van der Waals surface area contributed by atoms with Crippen LogP contribution in [0.3, 0.4) is 0 Å². The number of Topliss-reactive ketones (excluding diaryl/α,β-unsaturated/α-hetero) is 1. The van der Waals surface area contributed by atoms with Crippen molar-refractivity contribution >= 4 is 11.5 Å². The molecule has 156 valence electrons. The number of hydrogen-bond acceptors (Lipinski definition) is 5. The number of aliphatic hydroxyl groups excluding tert-OH is 1. The van der Waals surface area contributed by atoms with E-state index in [1.165, 1.54) is 12.8 Å². The smallest absolute Gasteiger partial charge is 0.139 e. The molecule has 1 aliphatic heterocycles. The van der Waals surface area contributed by atoms with Crippen molar-refractivity contribution in [1.29, 1.82) is 0 Å². The molecule has 1 saturated heterocycles. The molecule has 0 amide bonds. The summed E-state index contributed by atoms with van der Waals surface area (Å²) in [5.41, 5.74) is 0.590. The number of carbonyl (C=O) groups excluding carboxylic acids is 1. The Kier molecular flexibility index (Phi) is 4.44. The number of carbonyl (C=O) groups is 1. The average molecular weight is 389 g/mol. The Hall–Kier alpha value is -0.940. The summed E-state index contributed by atoms with van der Waals surface area (Å²) in [5, 5.41) is 25.2. The lowest BCUT2D eigenvalue weighted by molar-refractivity contribution is -0.148. The molecule has 5 heteroatoms. The van der Waals surface area contributed by atoms with Crippen LogP contribution in [0, 0.1) is 34.5 Å². The second kappa shape index (κ2) is 6.53. The van der Waals surface area contributed by atoms with Crippen molar-refractivity contribution in [3.05, 3.63) is 0 Å². The molecule has 28 heavy (non-hydrogen) atoms. The zero-order valence-electron chi connectivity index (χ0n) is 17.4. The lowest BCUT2D eigenvalue weighted by Gasteiger charge is -2.61. The number of rotatable bonds is 1. The fourth-order valence-corrected chi connectivity index (χ4v) is 8.38. The summed E-state index contributed by atoms with van der Waals surface area (Å²) in [6.45, 7) is 6.78. The standard InChI is InChI=1S/C23H36N2O3/c1-22-8-7-17-21(16(22)5-6-20(22)27)18(26)12-14-11-15(25-9-3-4-10-25)13-19(24-28)23(14,17)2/h14-18,21,26,28H,3-13H2,1-2H3/t14?,15?,16-,17+,18?,21-,22-,23-/m0/s1. The van der Waals surface area contributed by atoms with E-state index in [-0.39, 0.29) is 22.9 Å². The molecule has 5 fully saturated rings. The number of oxime groups is 1. The quantitative estimate of drug-likeness (QED) is 0.533. The molecule has 5 nitrogen and oxygen atoms in total. The zero-order valence-corrected chi connectivity index (χ0v) is 17.4. The van der Waals surface area contributed by atoms with Gasteiger partial charge in [0.1, 0.15) is 5.78 Å². The van der Waals surface area contributed by atoms with Crippen molar-refractivity contribution in [3.63, 3.8) is 0 Å². The lowest BCUT2D eigenvalue weighted by Crippen LogP contribution is -2.62. The highest BCUT2D eigenvalue weighted by Crippen LogP contribution is 2.65. The molecule has 8 atom stereocenters. The van der Waals surface area contributed by atoms with E-state index in [1.54, 1.807) is 0 Å². The monoisotopic (exact) mass is 388 g/mol. The van der Waals surface area contributed by atoms with Gasteiger partial charge in [0, 0.05) is 29.7 Å². The lowest BCUT2D eigenvalue weighted by atomic mass is 9.44. The first kappa shape index (κ1) is 19.0. The van der Waals surface area contributed by atoms with E-state index in [0.29, 0.717) is 36.0 Å². The van der Waals surface area contributed by atoms with Crippen molar-refractivity contribution in [2.45, 2.75) is 83.8 Å². The fraction of sp³-hybridized carbons (Fsp3) is 0.913. The minimum Gasteiger partial charge on any atom is -0.411 e. The van der Waals surface area contributed by atoms with Crippen molar-refractivity contribution in [2.75, 3.05) is 13.1 Å². The molecule has 0 bridgehead atoms. The average Bonchev–Trinajstić information content (AvgIpc) is 3.31. The molecule has 5 rings (SSSR count). The van der Waals surface area contributed by atoms with Gasteiger partial charge in [-0.2, -0.15) is 0 Å². The molecule has 2 N–H and O–H groups in total. The summed E-state index contributed by atoms with van der Waals surface area (Å²) in [4.78, 5) is 15.2. The van der Waals surface area contributed by atoms with Crippen LogP contribution >= 0.6 is 0 Å². The van der Waals surface area contributed by atoms with E-state index in [2.05, 4.69) is 23.9 Å². The Balaban J connectivity index is 1.48. The van der Waals surface area contributed by atoms with E-state index < -0.39 is 0 Å². The first-order chi connectivity index (χ1) is 13.4. The SMILES string of the molecule is C[C@]12C(=NO)CC(N3CCCC3)CC1CC(O)[C@@H]1[C@H]2CC[C@]2(C)C(=O)CC[C@@H]12. The Bertz CT molecular complexity index is 687. The van der Waals surface area contributed by atoms with Gasteiger partial charge >= 0.3 is 0 Å². The summed E-state index contributed by atoms with van der Waals surface area (Å²) in [5.74, 6) is 1.57. The van der Waals surface area contributed by atoms with Crippen LogP contribution in [-0.4, -0.2) is 51.9 Å². The molecule has 1 heterocycles. The van der Waals surface area contributed by atoms with Crippen LogP contribution in [0.5, 0.6) is 0 Å². The van der Waals surface area contributed by atoms with Crippen LogP contribution in [0.4, 0.5) is 0 Å². The van der Waals surface area contributed by atoms with Gasteiger partial charge in [0.15, 0.2) is 0 Å². The van der Waals surface area contributed by atoms with Gasteiger partial charge in [-0.25, -0.2) is 0 Å². The van der Waals surface area contributed by atoms with Gasteiger partial charge in [0.25, 0.3) is 0 Å². The molecule has 3 unspecified atom stereocenters. The van der Waals surface area contributed by atoms with Gasteiger partial charge in [-0.05, 0) is 81.7 Å². The third-order valence-corrected chi connectivity index (χ3v) is 10.0. The van der Waals surface area contributed by atoms with E-state index in [9.17, 15) is 15.1 Å². The third-order valence-electron chi connectivity index (χ3n) is 10.0. The maximum atomic E-state index is 12.6. The minimum atomic E-state index is -0.323. The molecule has 0 radical (unpaired) electrons. The molecule has 0 aromatic heterocycles. The molecule has 4 aliphatic carbocycles. The normalized spacial score (nSPS) is 53.1. The largest absolute Gasteiger partial charge is 0.411 e. The van der Waals surface area contributed by atoms with E-state index in [4.69, 9.17) is 0 Å². The highest BCUT2D eigenvalue weighted by molar-refractivity contribution is 5.92. The number of fused-ring (bicyclic) bond motifs is 5.